The molecule has 1 atom stereocenters. The number of rotatable bonds is 4. The van der Waals surface area contributed by atoms with Crippen LogP contribution in [-0.4, -0.2) is 17.3 Å². The van der Waals surface area contributed by atoms with E-state index in [0.717, 1.165) is 10.0 Å². The number of nitrogens with one attached hydrogen (secondary N) is 1. The number of hydrogen-bond donors (Lipinski definition) is 1. The molecule has 0 saturated heterocycles. The van der Waals surface area contributed by atoms with E-state index in [1.165, 1.54) is 0 Å². The number of benzene rings is 1. The highest BCUT2D eigenvalue weighted by molar-refractivity contribution is 9.10. The number of carbonyl (C=O) groups excluding carboxylic acids is 1. The van der Waals surface area contributed by atoms with Crippen molar-refractivity contribution in [3.8, 4) is 0 Å². The van der Waals surface area contributed by atoms with Gasteiger partial charge in [-0.25, -0.2) is 0 Å². The van der Waals surface area contributed by atoms with Crippen molar-refractivity contribution in [2.75, 3.05) is 6.54 Å². The van der Waals surface area contributed by atoms with Gasteiger partial charge < -0.3 is 5.32 Å². The predicted molar refractivity (Wildman–Crippen MR) is 78.8 cm³/mol. The van der Waals surface area contributed by atoms with Crippen LogP contribution in [0.4, 0.5) is 0 Å². The Hall–Kier alpha value is -0.350. The quantitative estimate of drug-likeness (QED) is 0.808. The third kappa shape index (κ3) is 4.43. The molecule has 17 heavy (non-hydrogen) atoms. The largest absolute Gasteiger partial charge is 0.351 e. The molecule has 0 bridgehead atoms. The molecule has 0 aliphatic rings. The molecule has 0 heterocycles. The topological polar surface area (TPSA) is 29.1 Å². The highest BCUT2D eigenvalue weighted by atomic mass is 79.9. The summed E-state index contributed by atoms with van der Waals surface area (Å²) in [7, 11) is 0. The van der Waals surface area contributed by atoms with Crippen LogP contribution in [0.25, 0.3) is 0 Å². The first-order valence-electron chi connectivity index (χ1n) is 5.60. The fourth-order valence-electron chi connectivity index (χ4n) is 1.33. The van der Waals surface area contributed by atoms with Crippen LogP contribution in [0.15, 0.2) is 22.7 Å². The van der Waals surface area contributed by atoms with Crippen LogP contribution in [0.5, 0.6) is 0 Å². The molecule has 4 heteroatoms. The second kappa shape index (κ2) is 6.55. The average molecular weight is 363 g/mol. The molecular weight excluding hydrogens is 346 g/mol. The number of aryl methyl sites for hydroxylation is 1. The maximum Gasteiger partial charge on any atom is 0.252 e. The Labute approximate surface area is 119 Å². The van der Waals surface area contributed by atoms with E-state index in [4.69, 9.17) is 0 Å². The molecule has 1 aromatic rings. The summed E-state index contributed by atoms with van der Waals surface area (Å²) in [6.45, 7) is 6.85. The zero-order chi connectivity index (χ0) is 13.0. The van der Waals surface area contributed by atoms with Crippen molar-refractivity contribution in [3.63, 3.8) is 0 Å². The lowest BCUT2D eigenvalue weighted by Crippen LogP contribution is -2.31. The molecule has 2 nitrogen and oxygen atoms in total. The Kier molecular flexibility index (Phi) is 5.67. The van der Waals surface area contributed by atoms with Gasteiger partial charge in [0, 0.05) is 15.8 Å². The molecule has 1 amide bonds. The van der Waals surface area contributed by atoms with Crippen molar-refractivity contribution in [3.05, 3.63) is 33.8 Å². The van der Waals surface area contributed by atoms with Crippen molar-refractivity contribution in [1.82, 2.24) is 5.32 Å². The first-order chi connectivity index (χ1) is 7.91. The highest BCUT2D eigenvalue weighted by Gasteiger charge is 2.13. The van der Waals surface area contributed by atoms with Gasteiger partial charge in [0.15, 0.2) is 0 Å². The number of halogens is 2. The molecule has 0 spiro atoms. The van der Waals surface area contributed by atoms with E-state index in [0.29, 0.717) is 22.9 Å². The van der Waals surface area contributed by atoms with Crippen LogP contribution in [0.3, 0.4) is 0 Å². The Balaban J connectivity index is 2.67. The molecule has 1 N–H and O–H groups in total. The zero-order valence-electron chi connectivity index (χ0n) is 10.3. The Bertz CT molecular complexity index is 404. The fraction of sp³-hybridized carbons (Fsp3) is 0.462. The van der Waals surface area contributed by atoms with Gasteiger partial charge in [0.05, 0.1) is 5.56 Å². The second-order valence-electron chi connectivity index (χ2n) is 4.45. The summed E-state index contributed by atoms with van der Waals surface area (Å²) in [5.74, 6) is 0.460. The lowest BCUT2D eigenvalue weighted by molar-refractivity contribution is 0.0952. The molecule has 1 rings (SSSR count). The molecule has 94 valence electrons. The van der Waals surface area contributed by atoms with Crippen LogP contribution < -0.4 is 5.32 Å². The zero-order valence-corrected chi connectivity index (χ0v) is 13.4. The van der Waals surface area contributed by atoms with Crippen LogP contribution in [-0.2, 0) is 0 Å². The third-order valence-electron chi connectivity index (χ3n) is 2.55. The summed E-state index contributed by atoms with van der Waals surface area (Å²) in [6, 6.07) is 5.76. The molecule has 0 aliphatic heterocycles. The maximum atomic E-state index is 12.0. The van der Waals surface area contributed by atoms with Crippen molar-refractivity contribution < 1.29 is 4.79 Å². The van der Waals surface area contributed by atoms with Gasteiger partial charge in [0.25, 0.3) is 5.91 Å². The summed E-state index contributed by atoms with van der Waals surface area (Å²) < 4.78 is 0.830. The van der Waals surface area contributed by atoms with Crippen LogP contribution in [0, 0.1) is 12.8 Å². The first-order valence-corrected chi connectivity index (χ1v) is 7.31. The fourth-order valence-corrected chi connectivity index (χ4v) is 1.92. The standard InChI is InChI=1S/C13H17Br2NO/c1-8(2)12(15)7-16-13(17)10-6-9(3)4-5-11(10)14/h4-6,8,12H,7H2,1-3H3,(H,16,17). The SMILES string of the molecule is Cc1ccc(Br)c(C(=O)NCC(Br)C(C)C)c1. The number of alkyl halides is 1. The Morgan fingerprint density at radius 2 is 2.06 bits per heavy atom. The van der Waals surface area contributed by atoms with Gasteiger partial charge in [-0.05, 0) is 40.9 Å². The minimum atomic E-state index is -0.0364. The molecule has 1 unspecified atom stereocenters. The summed E-state index contributed by atoms with van der Waals surface area (Å²) in [5.41, 5.74) is 1.77. The molecular formula is C13H17Br2NO. The van der Waals surface area contributed by atoms with Gasteiger partial charge in [-0.1, -0.05) is 41.4 Å². The van der Waals surface area contributed by atoms with E-state index < -0.39 is 0 Å². The van der Waals surface area contributed by atoms with E-state index in [-0.39, 0.29) is 5.91 Å². The number of carbonyl (C=O) groups is 1. The van der Waals surface area contributed by atoms with Crippen molar-refractivity contribution in [2.45, 2.75) is 25.6 Å². The number of amides is 1. The van der Waals surface area contributed by atoms with E-state index in [1.807, 2.05) is 25.1 Å². The van der Waals surface area contributed by atoms with Gasteiger partial charge >= 0.3 is 0 Å². The molecule has 1 aromatic carbocycles. The molecule has 0 fully saturated rings. The minimum Gasteiger partial charge on any atom is -0.351 e. The van der Waals surface area contributed by atoms with Crippen LogP contribution in [0.2, 0.25) is 0 Å². The Morgan fingerprint density at radius 1 is 1.41 bits per heavy atom. The second-order valence-corrected chi connectivity index (χ2v) is 6.48. The number of hydrogen-bond acceptors (Lipinski definition) is 1. The predicted octanol–water partition coefficient (Wildman–Crippen LogP) is 3.91. The molecule has 0 radical (unpaired) electrons. The molecule has 0 aliphatic carbocycles. The lowest BCUT2D eigenvalue weighted by atomic mass is 10.1. The third-order valence-corrected chi connectivity index (χ3v) is 4.62. The van der Waals surface area contributed by atoms with Gasteiger partial charge in [0.1, 0.15) is 0 Å². The van der Waals surface area contributed by atoms with E-state index in [2.05, 4.69) is 51.0 Å². The molecule has 0 saturated carbocycles. The van der Waals surface area contributed by atoms with Crippen LogP contribution in [0.1, 0.15) is 29.8 Å². The summed E-state index contributed by atoms with van der Waals surface area (Å²) in [5, 5.41) is 2.93. The minimum absolute atomic E-state index is 0.0364. The maximum absolute atomic E-state index is 12.0. The van der Waals surface area contributed by atoms with Crippen LogP contribution >= 0.6 is 31.9 Å². The summed E-state index contributed by atoms with van der Waals surface area (Å²) in [4.78, 5) is 12.3. The Morgan fingerprint density at radius 3 is 2.65 bits per heavy atom. The smallest absolute Gasteiger partial charge is 0.252 e. The average Bonchev–Trinajstić information content (AvgIpc) is 2.28. The van der Waals surface area contributed by atoms with Crippen molar-refractivity contribution in [2.24, 2.45) is 5.92 Å². The van der Waals surface area contributed by atoms with E-state index in [1.54, 1.807) is 0 Å². The molecule has 0 aromatic heterocycles. The van der Waals surface area contributed by atoms with Gasteiger partial charge in [-0.3, -0.25) is 4.79 Å². The first kappa shape index (κ1) is 14.7. The van der Waals surface area contributed by atoms with E-state index in [9.17, 15) is 4.79 Å². The monoisotopic (exact) mass is 361 g/mol. The van der Waals surface area contributed by atoms with E-state index >= 15 is 0 Å². The van der Waals surface area contributed by atoms with Crippen molar-refractivity contribution >= 4 is 37.8 Å². The summed E-state index contributed by atoms with van der Waals surface area (Å²) in [6.07, 6.45) is 0. The lowest BCUT2D eigenvalue weighted by Gasteiger charge is -2.15. The van der Waals surface area contributed by atoms with Gasteiger partial charge in [-0.2, -0.15) is 0 Å². The summed E-state index contributed by atoms with van der Waals surface area (Å²) >= 11 is 6.94. The van der Waals surface area contributed by atoms with Crippen molar-refractivity contribution in [1.29, 1.82) is 0 Å². The normalized spacial score (nSPS) is 12.6. The van der Waals surface area contributed by atoms with Gasteiger partial charge in [0.2, 0.25) is 0 Å². The highest BCUT2D eigenvalue weighted by Crippen LogP contribution is 2.18. The van der Waals surface area contributed by atoms with Gasteiger partial charge in [-0.15, -0.1) is 0 Å².